The fourth-order valence-electron chi connectivity index (χ4n) is 3.21. The molecule has 0 atom stereocenters. The number of aryl methyl sites for hydroxylation is 1. The lowest BCUT2D eigenvalue weighted by Crippen LogP contribution is -2.36. The van der Waals surface area contributed by atoms with Crippen molar-refractivity contribution in [2.45, 2.75) is 6.54 Å². The van der Waals surface area contributed by atoms with E-state index >= 15 is 0 Å². The molecule has 3 N–H and O–H groups in total. The van der Waals surface area contributed by atoms with Crippen molar-refractivity contribution in [1.82, 2.24) is 19.7 Å². The van der Waals surface area contributed by atoms with Crippen LogP contribution in [-0.4, -0.2) is 52.3 Å². The molecule has 3 heterocycles. The highest BCUT2D eigenvalue weighted by atomic mass is 19.1. The highest BCUT2D eigenvalue weighted by Crippen LogP contribution is 2.22. The van der Waals surface area contributed by atoms with Crippen molar-refractivity contribution < 1.29 is 9.13 Å². The number of aromatic nitrogens is 4. The van der Waals surface area contributed by atoms with Crippen LogP contribution in [0.25, 0.3) is 0 Å². The van der Waals surface area contributed by atoms with Crippen LogP contribution in [0.2, 0.25) is 0 Å². The third-order valence-corrected chi connectivity index (χ3v) is 4.79. The second-order valence-corrected chi connectivity index (χ2v) is 6.90. The molecular formula is C20H23FN8O. The molecule has 1 aliphatic rings. The van der Waals surface area contributed by atoms with E-state index < -0.39 is 0 Å². The summed E-state index contributed by atoms with van der Waals surface area (Å²) in [6, 6.07) is 5.11. The monoisotopic (exact) mass is 410 g/mol. The smallest absolute Gasteiger partial charge is 0.229 e. The zero-order valence-corrected chi connectivity index (χ0v) is 16.6. The summed E-state index contributed by atoms with van der Waals surface area (Å²) in [6.45, 7) is 3.13. The lowest BCUT2D eigenvalue weighted by molar-refractivity contribution is 0.122. The van der Waals surface area contributed by atoms with E-state index in [2.05, 4.69) is 30.6 Å². The maximum Gasteiger partial charge on any atom is 0.229 e. The number of nitrogens with zero attached hydrogens (tertiary/aromatic N) is 5. The van der Waals surface area contributed by atoms with Gasteiger partial charge in [0.05, 0.1) is 30.7 Å². The Morgan fingerprint density at radius 2 is 2.10 bits per heavy atom. The zero-order valence-electron chi connectivity index (χ0n) is 16.6. The quantitative estimate of drug-likeness (QED) is 0.514. The van der Waals surface area contributed by atoms with Gasteiger partial charge in [-0.15, -0.1) is 0 Å². The molecule has 3 aromatic rings. The van der Waals surface area contributed by atoms with Crippen molar-refractivity contribution in [2.24, 2.45) is 7.05 Å². The molecular weight excluding hydrogens is 387 g/mol. The van der Waals surface area contributed by atoms with Gasteiger partial charge in [0, 0.05) is 56.5 Å². The van der Waals surface area contributed by atoms with E-state index in [1.807, 2.05) is 13.1 Å². The average molecular weight is 410 g/mol. The van der Waals surface area contributed by atoms with Gasteiger partial charge >= 0.3 is 0 Å². The van der Waals surface area contributed by atoms with Gasteiger partial charge in [0.2, 0.25) is 5.95 Å². The number of benzene rings is 1. The molecule has 156 valence electrons. The molecule has 1 fully saturated rings. The molecule has 9 nitrogen and oxygen atoms in total. The molecule has 0 unspecified atom stereocenters. The van der Waals surface area contributed by atoms with E-state index in [0.717, 1.165) is 30.7 Å². The normalized spacial score (nSPS) is 13.9. The molecule has 10 heteroatoms. The number of nitrogens with one attached hydrogen (secondary N) is 3. The molecule has 1 aliphatic heterocycles. The minimum absolute atomic E-state index is 0.230. The summed E-state index contributed by atoms with van der Waals surface area (Å²) in [7, 11) is 1.82. The highest BCUT2D eigenvalue weighted by molar-refractivity contribution is 5.84. The van der Waals surface area contributed by atoms with E-state index in [9.17, 15) is 4.39 Å². The molecule has 30 heavy (non-hydrogen) atoms. The van der Waals surface area contributed by atoms with Crippen LogP contribution in [0.1, 0.15) is 11.1 Å². The van der Waals surface area contributed by atoms with Gasteiger partial charge in [-0.1, -0.05) is 0 Å². The Balaban J connectivity index is 1.51. The lowest BCUT2D eigenvalue weighted by atomic mass is 10.1. The maximum atomic E-state index is 14.4. The van der Waals surface area contributed by atoms with Gasteiger partial charge in [-0.25, -0.2) is 9.37 Å². The molecule has 0 saturated carbocycles. The summed E-state index contributed by atoms with van der Waals surface area (Å²) in [6.07, 6.45) is 6.17. The SMILES string of the molecule is Cn1cc(Nc2ncc(C=N)c(NCc3cc(N4CCOCC4)ccc3F)n2)cn1. The van der Waals surface area contributed by atoms with Gasteiger partial charge in [-0.3, -0.25) is 4.68 Å². The molecule has 1 saturated heterocycles. The third-order valence-electron chi connectivity index (χ3n) is 4.79. The predicted octanol–water partition coefficient (Wildman–Crippen LogP) is 2.54. The number of hydrogen-bond donors (Lipinski definition) is 3. The van der Waals surface area contributed by atoms with Crippen LogP contribution in [0.5, 0.6) is 0 Å². The van der Waals surface area contributed by atoms with Gasteiger partial charge in [-0.05, 0) is 18.2 Å². The number of halogens is 1. The number of ether oxygens (including phenoxy) is 1. The fourth-order valence-corrected chi connectivity index (χ4v) is 3.21. The third kappa shape index (κ3) is 4.54. The van der Waals surface area contributed by atoms with E-state index in [4.69, 9.17) is 10.1 Å². The fraction of sp³-hybridized carbons (Fsp3) is 0.300. The first-order valence-electron chi connectivity index (χ1n) is 9.60. The second-order valence-electron chi connectivity index (χ2n) is 6.90. The van der Waals surface area contributed by atoms with Gasteiger partial charge in [0.15, 0.2) is 0 Å². The van der Waals surface area contributed by atoms with Crippen molar-refractivity contribution in [1.29, 1.82) is 5.41 Å². The van der Waals surface area contributed by atoms with Crippen molar-refractivity contribution >= 4 is 29.4 Å². The summed E-state index contributed by atoms with van der Waals surface area (Å²) < 4.78 is 21.5. The Labute approximate surface area is 173 Å². The first kappa shape index (κ1) is 19.8. The molecule has 0 bridgehead atoms. The van der Waals surface area contributed by atoms with Crippen LogP contribution in [-0.2, 0) is 18.3 Å². The first-order chi connectivity index (χ1) is 14.6. The molecule has 0 aliphatic carbocycles. The van der Waals surface area contributed by atoms with E-state index in [0.29, 0.717) is 36.1 Å². The van der Waals surface area contributed by atoms with Crippen LogP contribution >= 0.6 is 0 Å². The first-order valence-corrected chi connectivity index (χ1v) is 9.60. The molecule has 0 amide bonds. The standard InChI is InChI=1S/C20H23FN8O/c1-28-13-16(12-25-28)26-20-24-11-15(9-22)19(27-20)23-10-14-8-17(2-3-18(14)21)29-4-6-30-7-5-29/h2-3,8-9,11-13,22H,4-7,10H2,1H3,(H2,23,24,26,27). The van der Waals surface area contributed by atoms with Crippen LogP contribution in [0.4, 0.5) is 27.5 Å². The van der Waals surface area contributed by atoms with Crippen molar-refractivity contribution in [3.05, 3.63) is 53.7 Å². The summed E-state index contributed by atoms with van der Waals surface area (Å²) in [5, 5.41) is 17.9. The van der Waals surface area contributed by atoms with Crippen molar-refractivity contribution in [3.63, 3.8) is 0 Å². The van der Waals surface area contributed by atoms with Crippen LogP contribution in [0.3, 0.4) is 0 Å². The molecule has 4 rings (SSSR count). The Morgan fingerprint density at radius 1 is 1.27 bits per heavy atom. The van der Waals surface area contributed by atoms with Crippen LogP contribution in [0.15, 0.2) is 36.8 Å². The Morgan fingerprint density at radius 3 is 2.83 bits per heavy atom. The van der Waals surface area contributed by atoms with Crippen LogP contribution in [0, 0.1) is 11.2 Å². The van der Waals surface area contributed by atoms with Gasteiger partial charge < -0.3 is 25.7 Å². The molecule has 0 radical (unpaired) electrons. The maximum absolute atomic E-state index is 14.4. The summed E-state index contributed by atoms with van der Waals surface area (Å²) in [4.78, 5) is 10.8. The topological polar surface area (TPSA) is 104 Å². The van der Waals surface area contributed by atoms with Crippen molar-refractivity contribution in [2.75, 3.05) is 41.8 Å². The zero-order chi connectivity index (χ0) is 20.9. The Hall–Kier alpha value is -3.53. The Bertz CT molecular complexity index is 1030. The van der Waals surface area contributed by atoms with E-state index in [1.165, 1.54) is 6.07 Å². The van der Waals surface area contributed by atoms with E-state index in [-0.39, 0.29) is 12.4 Å². The highest BCUT2D eigenvalue weighted by Gasteiger charge is 2.14. The van der Waals surface area contributed by atoms with Crippen molar-refractivity contribution in [3.8, 4) is 0 Å². The average Bonchev–Trinajstić information content (AvgIpc) is 3.18. The number of anilines is 4. The minimum Gasteiger partial charge on any atom is -0.378 e. The minimum atomic E-state index is -0.293. The van der Waals surface area contributed by atoms with E-state index in [1.54, 1.807) is 29.3 Å². The Kier molecular flexibility index (Phi) is 5.84. The van der Waals surface area contributed by atoms with Crippen LogP contribution < -0.4 is 15.5 Å². The predicted molar refractivity (Wildman–Crippen MR) is 113 cm³/mol. The number of rotatable bonds is 7. The molecule has 2 aromatic heterocycles. The molecule has 1 aromatic carbocycles. The summed E-state index contributed by atoms with van der Waals surface area (Å²) >= 11 is 0. The van der Waals surface area contributed by atoms with Gasteiger partial charge in [-0.2, -0.15) is 10.1 Å². The van der Waals surface area contributed by atoms with Gasteiger partial charge in [0.25, 0.3) is 0 Å². The number of morpholine rings is 1. The summed E-state index contributed by atoms with van der Waals surface area (Å²) in [5.74, 6) is 0.514. The second kappa shape index (κ2) is 8.87. The lowest BCUT2D eigenvalue weighted by Gasteiger charge is -2.29. The van der Waals surface area contributed by atoms with Gasteiger partial charge in [0.1, 0.15) is 11.6 Å². The largest absolute Gasteiger partial charge is 0.378 e. The number of hydrogen-bond acceptors (Lipinski definition) is 8. The summed E-state index contributed by atoms with van der Waals surface area (Å²) in [5.41, 5.74) is 2.74. The molecule has 0 spiro atoms.